The molecule has 0 saturated carbocycles. The van der Waals surface area contributed by atoms with E-state index < -0.39 is 79.1 Å². The molecule has 14 nitrogen and oxygen atoms in total. The van der Waals surface area contributed by atoms with Crippen LogP contribution in [0.3, 0.4) is 0 Å². The van der Waals surface area contributed by atoms with Crippen molar-refractivity contribution >= 4 is 48.3 Å². The summed E-state index contributed by atoms with van der Waals surface area (Å²) >= 11 is 3.91. The second kappa shape index (κ2) is 15.8. The Balaban J connectivity index is 5.54. The van der Waals surface area contributed by atoms with E-state index in [0.29, 0.717) is 19.4 Å². The molecule has 0 bridgehead atoms. The third kappa shape index (κ3) is 12.6. The van der Waals surface area contributed by atoms with Crippen LogP contribution in [0.5, 0.6) is 0 Å². The molecule has 4 unspecified atom stereocenters. The summed E-state index contributed by atoms with van der Waals surface area (Å²) in [4.78, 5) is 70.4. The Morgan fingerprint density at radius 3 is 1.73 bits per heavy atom. The van der Waals surface area contributed by atoms with Crippen LogP contribution in [0.15, 0.2) is 0 Å². The van der Waals surface area contributed by atoms with Crippen molar-refractivity contribution in [3.05, 3.63) is 0 Å². The molecule has 0 saturated heterocycles. The molecule has 0 rings (SSSR count). The first-order valence-corrected chi connectivity index (χ1v) is 10.7. The average Bonchev–Trinajstić information content (AvgIpc) is 2.73. The van der Waals surface area contributed by atoms with Crippen LogP contribution in [0, 0.1) is 0 Å². The molecule has 0 aromatic carbocycles. The Bertz CT molecular complexity index is 721. The van der Waals surface area contributed by atoms with E-state index >= 15 is 0 Å². The standard InChI is InChI=1S/C18H31N5O9S/c19-6-2-1-3-10(21-15(28)9(20)8-33)16(29)22-11(4-5-13(24)25)17(30)23-12(18(31)32)7-14(26)27/h9-12,33H,1-8,19-20H2,(H,21,28)(H,22,29)(H,23,30)(H,24,25)(H,26,27)(H,31,32). The number of carbonyl (C=O) groups is 6. The number of nitrogens with one attached hydrogen (secondary N) is 3. The molecule has 0 aliphatic carbocycles. The Labute approximate surface area is 195 Å². The van der Waals surface area contributed by atoms with Gasteiger partial charge in [-0.2, -0.15) is 12.6 Å². The van der Waals surface area contributed by atoms with Crippen LogP contribution in [-0.4, -0.2) is 87.4 Å². The fourth-order valence-electron chi connectivity index (χ4n) is 2.58. The zero-order valence-electron chi connectivity index (χ0n) is 17.9. The van der Waals surface area contributed by atoms with Crippen molar-refractivity contribution in [3.63, 3.8) is 0 Å². The lowest BCUT2D eigenvalue weighted by Gasteiger charge is -2.24. The molecule has 33 heavy (non-hydrogen) atoms. The van der Waals surface area contributed by atoms with Gasteiger partial charge in [-0.05, 0) is 32.2 Å². The first-order chi connectivity index (χ1) is 15.4. The van der Waals surface area contributed by atoms with Crippen molar-refractivity contribution in [2.24, 2.45) is 11.5 Å². The second-order valence-corrected chi connectivity index (χ2v) is 7.49. The maximum Gasteiger partial charge on any atom is 0.326 e. The quantitative estimate of drug-likeness (QED) is 0.0741. The smallest absolute Gasteiger partial charge is 0.326 e. The van der Waals surface area contributed by atoms with E-state index in [1.807, 2.05) is 5.32 Å². The maximum absolute atomic E-state index is 12.8. The molecule has 0 aromatic rings. The van der Waals surface area contributed by atoms with Gasteiger partial charge in [-0.15, -0.1) is 0 Å². The van der Waals surface area contributed by atoms with E-state index in [-0.39, 0.29) is 12.2 Å². The summed E-state index contributed by atoms with van der Waals surface area (Å²) < 4.78 is 0. The fourth-order valence-corrected chi connectivity index (χ4v) is 2.75. The first kappa shape index (κ1) is 30.1. The normalized spacial score (nSPS) is 14.3. The Kier molecular flexibility index (Phi) is 14.4. The number of carboxylic acid groups (broad SMARTS) is 3. The van der Waals surface area contributed by atoms with Crippen LogP contribution in [0.4, 0.5) is 0 Å². The van der Waals surface area contributed by atoms with Crippen LogP contribution in [0.2, 0.25) is 0 Å². The second-order valence-electron chi connectivity index (χ2n) is 7.13. The zero-order chi connectivity index (χ0) is 25.6. The summed E-state index contributed by atoms with van der Waals surface area (Å²) in [5.74, 6) is -6.97. The topological polar surface area (TPSA) is 251 Å². The van der Waals surface area contributed by atoms with E-state index in [4.69, 9.17) is 26.8 Å². The summed E-state index contributed by atoms with van der Waals surface area (Å²) in [6.07, 6.45) is -0.777. The number of carboxylic acids is 3. The molecule has 4 atom stereocenters. The maximum atomic E-state index is 12.8. The minimum absolute atomic E-state index is 0.00672. The van der Waals surface area contributed by atoms with Crippen LogP contribution in [0.25, 0.3) is 0 Å². The number of rotatable bonds is 17. The Morgan fingerprint density at radius 1 is 0.758 bits per heavy atom. The van der Waals surface area contributed by atoms with Crippen molar-refractivity contribution in [2.75, 3.05) is 12.3 Å². The molecule has 0 aromatic heterocycles. The van der Waals surface area contributed by atoms with Gasteiger partial charge in [0.25, 0.3) is 0 Å². The van der Waals surface area contributed by atoms with E-state index in [1.165, 1.54) is 0 Å². The van der Waals surface area contributed by atoms with Crippen molar-refractivity contribution < 1.29 is 44.1 Å². The van der Waals surface area contributed by atoms with Gasteiger partial charge in [0.2, 0.25) is 17.7 Å². The summed E-state index contributed by atoms with van der Waals surface area (Å²) in [5.41, 5.74) is 11.0. The highest BCUT2D eigenvalue weighted by Crippen LogP contribution is 2.06. The van der Waals surface area contributed by atoms with Gasteiger partial charge >= 0.3 is 17.9 Å². The van der Waals surface area contributed by atoms with Gasteiger partial charge in [-0.1, -0.05) is 0 Å². The van der Waals surface area contributed by atoms with Crippen molar-refractivity contribution in [1.82, 2.24) is 16.0 Å². The number of aliphatic carboxylic acids is 3. The zero-order valence-corrected chi connectivity index (χ0v) is 18.8. The van der Waals surface area contributed by atoms with Gasteiger partial charge < -0.3 is 42.7 Å². The first-order valence-electron chi connectivity index (χ1n) is 10.1. The van der Waals surface area contributed by atoms with Crippen LogP contribution in [0.1, 0.15) is 38.5 Å². The summed E-state index contributed by atoms with van der Waals surface area (Å²) in [5, 5.41) is 33.5. The van der Waals surface area contributed by atoms with Crippen LogP contribution in [-0.2, 0) is 28.8 Å². The molecule has 0 spiro atoms. The van der Waals surface area contributed by atoms with E-state index in [1.54, 1.807) is 0 Å². The molecule has 0 radical (unpaired) electrons. The highest BCUT2D eigenvalue weighted by molar-refractivity contribution is 7.80. The molecule has 0 aliphatic heterocycles. The monoisotopic (exact) mass is 493 g/mol. The van der Waals surface area contributed by atoms with Gasteiger partial charge in [-0.25, -0.2) is 4.79 Å². The van der Waals surface area contributed by atoms with Gasteiger partial charge in [0.05, 0.1) is 12.5 Å². The van der Waals surface area contributed by atoms with Gasteiger partial charge in [-0.3, -0.25) is 24.0 Å². The third-order valence-corrected chi connectivity index (χ3v) is 4.78. The highest BCUT2D eigenvalue weighted by Gasteiger charge is 2.31. The lowest BCUT2D eigenvalue weighted by Crippen LogP contribution is -2.57. The van der Waals surface area contributed by atoms with E-state index in [9.17, 15) is 28.8 Å². The number of nitrogens with two attached hydrogens (primary N) is 2. The average molecular weight is 494 g/mol. The molecular formula is C18H31N5O9S. The predicted octanol–water partition coefficient (Wildman–Crippen LogP) is -2.75. The number of thiol groups is 1. The number of unbranched alkanes of at least 4 members (excludes halogenated alkanes) is 1. The van der Waals surface area contributed by atoms with Crippen LogP contribution >= 0.6 is 12.6 Å². The lowest BCUT2D eigenvalue weighted by atomic mass is 10.1. The largest absolute Gasteiger partial charge is 0.481 e. The van der Waals surface area contributed by atoms with Crippen LogP contribution < -0.4 is 27.4 Å². The number of hydrogen-bond donors (Lipinski definition) is 9. The van der Waals surface area contributed by atoms with E-state index in [2.05, 4.69) is 23.3 Å². The minimum atomic E-state index is -1.80. The Morgan fingerprint density at radius 2 is 1.27 bits per heavy atom. The third-order valence-electron chi connectivity index (χ3n) is 4.39. The number of carbonyl (C=O) groups excluding carboxylic acids is 3. The fraction of sp³-hybridized carbons (Fsp3) is 0.667. The molecular weight excluding hydrogens is 462 g/mol. The lowest BCUT2D eigenvalue weighted by molar-refractivity contribution is -0.147. The molecule has 188 valence electrons. The minimum Gasteiger partial charge on any atom is -0.481 e. The summed E-state index contributed by atoms with van der Waals surface area (Å²) in [6, 6.07) is -5.44. The molecule has 15 heteroatoms. The predicted molar refractivity (Wildman–Crippen MR) is 117 cm³/mol. The molecule has 3 amide bonds. The van der Waals surface area contributed by atoms with Gasteiger partial charge in [0.1, 0.15) is 18.1 Å². The molecule has 10 N–H and O–H groups in total. The van der Waals surface area contributed by atoms with Crippen molar-refractivity contribution in [2.45, 2.75) is 62.7 Å². The molecule has 0 heterocycles. The number of amides is 3. The number of hydrogen-bond acceptors (Lipinski definition) is 9. The van der Waals surface area contributed by atoms with Crippen molar-refractivity contribution in [1.29, 1.82) is 0 Å². The summed E-state index contributed by atoms with van der Waals surface area (Å²) in [6.45, 7) is 0.336. The van der Waals surface area contributed by atoms with E-state index in [0.717, 1.165) is 0 Å². The highest BCUT2D eigenvalue weighted by atomic mass is 32.1. The van der Waals surface area contributed by atoms with Gasteiger partial charge in [0, 0.05) is 12.2 Å². The van der Waals surface area contributed by atoms with Crippen molar-refractivity contribution in [3.8, 4) is 0 Å². The summed E-state index contributed by atoms with van der Waals surface area (Å²) in [7, 11) is 0. The molecule has 0 aliphatic rings. The Hall–Kier alpha value is -2.91. The van der Waals surface area contributed by atoms with Gasteiger partial charge in [0.15, 0.2) is 0 Å². The molecule has 0 fully saturated rings. The SMILES string of the molecule is NCCCCC(NC(=O)C(N)CS)C(=O)NC(CCC(=O)O)C(=O)NC(CC(=O)O)C(=O)O.